The molecule has 0 unspecified atom stereocenters. The maximum Gasteiger partial charge on any atom is 0.0461 e. The Balaban J connectivity index is 2.01. The van der Waals surface area contributed by atoms with E-state index in [1.165, 1.54) is 11.8 Å². The molecule has 0 aromatic heterocycles. The first-order valence-electron chi connectivity index (χ1n) is 6.74. The number of hydrogen-bond donors (Lipinski definition) is 4. The number of benzene rings is 2. The maximum absolute atomic E-state index is 7.47. The molecule has 5 N–H and O–H groups in total. The smallest absolute Gasteiger partial charge is 0.0461 e. The van der Waals surface area contributed by atoms with E-state index in [0.717, 1.165) is 34.4 Å². The van der Waals surface area contributed by atoms with Gasteiger partial charge < -0.3 is 21.8 Å². The molecule has 0 bridgehead atoms. The molecule has 110 valence electrons. The van der Waals surface area contributed by atoms with Crippen LogP contribution in [0.2, 0.25) is 0 Å². The molecule has 2 aromatic rings. The van der Waals surface area contributed by atoms with Crippen LogP contribution in [0.25, 0.3) is 0 Å². The molecule has 21 heavy (non-hydrogen) atoms. The number of anilines is 3. The van der Waals surface area contributed by atoms with Gasteiger partial charge in [0.2, 0.25) is 0 Å². The van der Waals surface area contributed by atoms with Crippen molar-refractivity contribution in [2.75, 3.05) is 30.0 Å². The van der Waals surface area contributed by atoms with E-state index in [-0.39, 0.29) is 0 Å². The van der Waals surface area contributed by atoms with Crippen molar-refractivity contribution < 1.29 is 0 Å². The fourth-order valence-electron chi connectivity index (χ4n) is 2.13. The third-order valence-electron chi connectivity index (χ3n) is 3.29. The molecule has 4 nitrogen and oxygen atoms in total. The Morgan fingerprint density at radius 2 is 1.95 bits per heavy atom. The van der Waals surface area contributed by atoms with E-state index in [0.29, 0.717) is 5.69 Å². The first kappa shape index (κ1) is 15.4. The Morgan fingerprint density at radius 3 is 2.57 bits per heavy atom. The maximum atomic E-state index is 7.47. The van der Waals surface area contributed by atoms with E-state index in [4.69, 9.17) is 11.1 Å². The number of rotatable bonds is 6. The Labute approximate surface area is 133 Å². The molecule has 0 fully saturated rings. The molecule has 5 heteroatoms. The van der Waals surface area contributed by atoms with Crippen LogP contribution < -0.4 is 16.4 Å². The largest absolute Gasteiger partial charge is 0.398 e. The Morgan fingerprint density at radius 1 is 1.24 bits per heavy atom. The zero-order chi connectivity index (χ0) is 15.2. The van der Waals surface area contributed by atoms with Crippen LogP contribution in [0, 0.1) is 5.41 Å². The highest BCUT2D eigenvalue weighted by Gasteiger charge is 2.05. The molecule has 2 aromatic carbocycles. The minimum absolute atomic E-state index is 0.597. The van der Waals surface area contributed by atoms with Crippen molar-refractivity contribution in [3.8, 4) is 0 Å². The molecule has 0 aliphatic carbocycles. The van der Waals surface area contributed by atoms with E-state index >= 15 is 0 Å². The van der Waals surface area contributed by atoms with Gasteiger partial charge in [-0.1, -0.05) is 28.1 Å². The topological polar surface area (TPSA) is 73.9 Å². The van der Waals surface area contributed by atoms with Gasteiger partial charge in [-0.05, 0) is 36.2 Å². The lowest BCUT2D eigenvalue weighted by Gasteiger charge is -2.12. The summed E-state index contributed by atoms with van der Waals surface area (Å²) in [6, 6.07) is 12.1. The summed E-state index contributed by atoms with van der Waals surface area (Å²) in [6.45, 7) is 0.787. The molecule has 0 aliphatic rings. The Bertz CT molecular complexity index is 623. The van der Waals surface area contributed by atoms with E-state index in [1.807, 2.05) is 19.2 Å². The van der Waals surface area contributed by atoms with Gasteiger partial charge >= 0.3 is 0 Å². The summed E-state index contributed by atoms with van der Waals surface area (Å²) < 4.78 is 0.909. The van der Waals surface area contributed by atoms with Crippen molar-refractivity contribution in [3.05, 3.63) is 52.0 Å². The highest BCUT2D eigenvalue weighted by atomic mass is 79.9. The normalized spacial score (nSPS) is 10.2. The quantitative estimate of drug-likeness (QED) is 0.475. The fourth-order valence-corrected chi connectivity index (χ4v) is 2.60. The Hall–Kier alpha value is -2.01. The van der Waals surface area contributed by atoms with Gasteiger partial charge in [0.05, 0.1) is 0 Å². The summed E-state index contributed by atoms with van der Waals surface area (Å²) in [5.41, 5.74) is 10.5. The summed E-state index contributed by atoms with van der Waals surface area (Å²) in [6.07, 6.45) is 2.19. The number of nitrogens with two attached hydrogens (primary N) is 1. The first-order valence-corrected chi connectivity index (χ1v) is 7.53. The van der Waals surface area contributed by atoms with Crippen LogP contribution in [0.15, 0.2) is 40.9 Å². The second kappa shape index (κ2) is 7.13. The van der Waals surface area contributed by atoms with Crippen molar-refractivity contribution in [1.82, 2.24) is 0 Å². The molecular weight excluding hydrogens is 328 g/mol. The van der Waals surface area contributed by atoms with Gasteiger partial charge in [0, 0.05) is 46.9 Å². The van der Waals surface area contributed by atoms with Crippen LogP contribution in [0.4, 0.5) is 17.1 Å². The summed E-state index contributed by atoms with van der Waals surface area (Å²) in [5, 5.41) is 13.9. The van der Waals surface area contributed by atoms with E-state index in [9.17, 15) is 0 Å². The molecule has 0 amide bonds. The predicted molar refractivity (Wildman–Crippen MR) is 94.6 cm³/mol. The zero-order valence-electron chi connectivity index (χ0n) is 11.9. The van der Waals surface area contributed by atoms with Gasteiger partial charge in [-0.15, -0.1) is 0 Å². The zero-order valence-corrected chi connectivity index (χ0v) is 13.5. The van der Waals surface area contributed by atoms with E-state index in [1.54, 1.807) is 0 Å². The predicted octanol–water partition coefficient (Wildman–Crippen LogP) is 3.73. The van der Waals surface area contributed by atoms with Gasteiger partial charge in [-0.3, -0.25) is 0 Å². The molecule has 0 heterocycles. The van der Waals surface area contributed by atoms with Crippen LogP contribution in [-0.4, -0.2) is 19.8 Å². The lowest BCUT2D eigenvalue weighted by atomic mass is 10.1. The average Bonchev–Trinajstić information content (AvgIpc) is 2.47. The lowest BCUT2D eigenvalue weighted by molar-refractivity contribution is 1.02. The van der Waals surface area contributed by atoms with Crippen LogP contribution in [0.5, 0.6) is 0 Å². The third-order valence-corrected chi connectivity index (χ3v) is 3.75. The fraction of sp³-hybridized carbons (Fsp3) is 0.188. The van der Waals surface area contributed by atoms with Gasteiger partial charge in [0.15, 0.2) is 0 Å². The van der Waals surface area contributed by atoms with Crippen molar-refractivity contribution >= 4 is 39.2 Å². The number of nitrogen functional groups attached to an aromatic ring is 1. The number of hydrogen-bond acceptors (Lipinski definition) is 4. The second-order valence-electron chi connectivity index (χ2n) is 4.72. The monoisotopic (exact) mass is 346 g/mol. The molecule has 0 spiro atoms. The average molecular weight is 347 g/mol. The number of halogens is 1. The first-order chi connectivity index (χ1) is 10.1. The summed E-state index contributed by atoms with van der Waals surface area (Å²) >= 11 is 3.43. The molecule has 2 rings (SSSR count). The van der Waals surface area contributed by atoms with Gasteiger partial charge in [0.25, 0.3) is 0 Å². The SMILES string of the molecule is CNc1ccc(CCNc2cc(Br)cc(N)c2C=N)cc1. The molecular formula is C16H19BrN4. The molecule has 0 saturated heterocycles. The van der Waals surface area contributed by atoms with Gasteiger partial charge in [-0.25, -0.2) is 0 Å². The van der Waals surface area contributed by atoms with Crippen molar-refractivity contribution in [2.45, 2.75) is 6.42 Å². The van der Waals surface area contributed by atoms with Crippen LogP contribution in [-0.2, 0) is 6.42 Å². The van der Waals surface area contributed by atoms with Gasteiger partial charge in [0.1, 0.15) is 0 Å². The molecule has 0 radical (unpaired) electrons. The van der Waals surface area contributed by atoms with E-state index in [2.05, 4.69) is 50.8 Å². The van der Waals surface area contributed by atoms with Crippen molar-refractivity contribution in [3.63, 3.8) is 0 Å². The minimum atomic E-state index is 0.597. The van der Waals surface area contributed by atoms with Crippen LogP contribution in [0.1, 0.15) is 11.1 Å². The molecule has 0 atom stereocenters. The standard InChI is InChI=1S/C16H19BrN4/c1-20-13-4-2-11(3-5-13)6-7-21-16-9-12(17)8-15(19)14(16)10-18/h2-5,8-10,18,20-21H,6-7,19H2,1H3. The molecule has 0 aliphatic heterocycles. The Kier molecular flexibility index (Phi) is 5.22. The van der Waals surface area contributed by atoms with Crippen molar-refractivity contribution in [2.24, 2.45) is 0 Å². The van der Waals surface area contributed by atoms with Gasteiger partial charge in [-0.2, -0.15) is 0 Å². The highest BCUT2D eigenvalue weighted by molar-refractivity contribution is 9.10. The van der Waals surface area contributed by atoms with Crippen LogP contribution in [0.3, 0.4) is 0 Å². The number of nitrogens with one attached hydrogen (secondary N) is 3. The third kappa shape index (κ3) is 3.98. The summed E-state index contributed by atoms with van der Waals surface area (Å²) in [7, 11) is 1.91. The van der Waals surface area contributed by atoms with Crippen molar-refractivity contribution in [1.29, 1.82) is 5.41 Å². The summed E-state index contributed by atoms with van der Waals surface area (Å²) in [5.74, 6) is 0. The lowest BCUT2D eigenvalue weighted by Crippen LogP contribution is -2.08. The highest BCUT2D eigenvalue weighted by Crippen LogP contribution is 2.26. The van der Waals surface area contributed by atoms with Crippen LogP contribution >= 0.6 is 15.9 Å². The second-order valence-corrected chi connectivity index (χ2v) is 5.64. The summed E-state index contributed by atoms with van der Waals surface area (Å²) in [4.78, 5) is 0. The minimum Gasteiger partial charge on any atom is -0.398 e. The molecule has 0 saturated carbocycles. The van der Waals surface area contributed by atoms with E-state index < -0.39 is 0 Å².